The zero-order chi connectivity index (χ0) is 17.7. The van der Waals surface area contributed by atoms with Gasteiger partial charge in [0, 0.05) is 0 Å². The van der Waals surface area contributed by atoms with Crippen LogP contribution in [0.4, 0.5) is 0 Å². The lowest BCUT2D eigenvalue weighted by Gasteiger charge is -2.14. The van der Waals surface area contributed by atoms with Gasteiger partial charge in [-0.15, -0.1) is 0 Å². The highest BCUT2D eigenvalue weighted by Gasteiger charge is 2.10. The molecule has 0 aromatic heterocycles. The first kappa shape index (κ1) is 17.7. The van der Waals surface area contributed by atoms with Crippen molar-refractivity contribution in [2.24, 2.45) is 0 Å². The van der Waals surface area contributed by atoms with Gasteiger partial charge in [0.15, 0.2) is 0 Å². The Kier molecular flexibility index (Phi) is 5.68. The van der Waals surface area contributed by atoms with E-state index in [2.05, 4.69) is 31.4 Å². The maximum absolute atomic E-state index is 8.92. The predicted octanol–water partition coefficient (Wildman–Crippen LogP) is 3.73. The lowest BCUT2D eigenvalue weighted by molar-refractivity contribution is 0.350. The molecule has 0 unspecified atom stereocenters. The minimum Gasteiger partial charge on any atom is -0.496 e. The molecule has 0 aliphatic rings. The smallest absolute Gasteiger partial charge is 0.134 e. The fourth-order valence-electron chi connectivity index (χ4n) is 2.51. The summed E-state index contributed by atoms with van der Waals surface area (Å²) in [5.41, 5.74) is 5.83. The molecule has 0 radical (unpaired) electrons. The van der Waals surface area contributed by atoms with Gasteiger partial charge in [-0.1, -0.05) is 30.6 Å². The van der Waals surface area contributed by atoms with E-state index in [4.69, 9.17) is 14.6 Å². The van der Waals surface area contributed by atoms with Crippen LogP contribution in [0.25, 0.3) is 5.57 Å². The second kappa shape index (κ2) is 7.72. The molecule has 124 valence electrons. The molecule has 1 N–H and O–H groups in total. The van der Waals surface area contributed by atoms with Crippen LogP contribution in [0.2, 0.25) is 0 Å². The Balaban J connectivity index is 2.48. The molecular formula is C21H22O3. The summed E-state index contributed by atoms with van der Waals surface area (Å²) >= 11 is 0. The minimum absolute atomic E-state index is 0.192. The first-order chi connectivity index (χ1) is 11.5. The first-order valence-corrected chi connectivity index (χ1v) is 7.64. The van der Waals surface area contributed by atoms with Crippen molar-refractivity contribution in [3.05, 3.63) is 64.7 Å². The van der Waals surface area contributed by atoms with E-state index >= 15 is 0 Å². The summed E-state index contributed by atoms with van der Waals surface area (Å²) in [6, 6.07) is 9.83. The Morgan fingerprint density at radius 3 is 2.38 bits per heavy atom. The molecule has 2 aromatic rings. The van der Waals surface area contributed by atoms with E-state index in [9.17, 15) is 0 Å². The van der Waals surface area contributed by atoms with Crippen LogP contribution < -0.4 is 9.47 Å². The van der Waals surface area contributed by atoms with Crippen molar-refractivity contribution < 1.29 is 14.6 Å². The molecule has 0 fully saturated rings. The van der Waals surface area contributed by atoms with Gasteiger partial charge in [0.25, 0.3) is 0 Å². The average Bonchev–Trinajstić information content (AvgIpc) is 2.61. The fourth-order valence-corrected chi connectivity index (χ4v) is 2.51. The number of aliphatic hydroxyl groups excluding tert-OH is 1. The Morgan fingerprint density at radius 2 is 1.75 bits per heavy atom. The summed E-state index contributed by atoms with van der Waals surface area (Å²) in [6.07, 6.45) is 0. The van der Waals surface area contributed by atoms with Gasteiger partial charge in [0.2, 0.25) is 0 Å². The highest BCUT2D eigenvalue weighted by Crippen LogP contribution is 2.31. The maximum atomic E-state index is 8.92. The fraction of sp³-hybridized carbons (Fsp3) is 0.238. The van der Waals surface area contributed by atoms with Crippen LogP contribution in [0.1, 0.15) is 27.8 Å². The third kappa shape index (κ3) is 3.61. The monoisotopic (exact) mass is 322 g/mol. The van der Waals surface area contributed by atoms with Gasteiger partial charge < -0.3 is 14.6 Å². The van der Waals surface area contributed by atoms with E-state index in [-0.39, 0.29) is 6.61 Å². The Labute approximate surface area is 143 Å². The van der Waals surface area contributed by atoms with E-state index in [0.29, 0.717) is 5.75 Å². The third-order valence-electron chi connectivity index (χ3n) is 4.04. The Morgan fingerprint density at radius 1 is 1.04 bits per heavy atom. The van der Waals surface area contributed by atoms with Crippen molar-refractivity contribution in [1.82, 2.24) is 0 Å². The van der Waals surface area contributed by atoms with Crippen molar-refractivity contribution in [2.45, 2.75) is 13.8 Å². The highest BCUT2D eigenvalue weighted by molar-refractivity contribution is 5.80. The van der Waals surface area contributed by atoms with Crippen molar-refractivity contribution in [2.75, 3.05) is 20.8 Å². The van der Waals surface area contributed by atoms with Gasteiger partial charge in [0.05, 0.1) is 19.8 Å². The Bertz CT molecular complexity index is 823. The summed E-state index contributed by atoms with van der Waals surface area (Å²) in [7, 11) is 3.27. The van der Waals surface area contributed by atoms with Gasteiger partial charge in [-0.05, 0) is 59.9 Å². The van der Waals surface area contributed by atoms with Crippen molar-refractivity contribution in [1.29, 1.82) is 0 Å². The molecule has 0 saturated heterocycles. The zero-order valence-electron chi connectivity index (χ0n) is 14.6. The van der Waals surface area contributed by atoms with E-state index in [1.54, 1.807) is 14.2 Å². The van der Waals surface area contributed by atoms with Crippen LogP contribution >= 0.6 is 0 Å². The number of ether oxygens (including phenoxy) is 2. The van der Waals surface area contributed by atoms with Gasteiger partial charge in [-0.25, -0.2) is 0 Å². The second-order valence-corrected chi connectivity index (χ2v) is 5.47. The molecule has 3 nitrogen and oxygen atoms in total. The molecule has 0 saturated carbocycles. The minimum atomic E-state index is -0.192. The summed E-state index contributed by atoms with van der Waals surface area (Å²) in [4.78, 5) is 0. The molecule has 0 atom stereocenters. The molecule has 2 rings (SSSR count). The first-order valence-electron chi connectivity index (χ1n) is 7.64. The van der Waals surface area contributed by atoms with E-state index in [0.717, 1.165) is 39.1 Å². The van der Waals surface area contributed by atoms with E-state index in [1.807, 2.05) is 31.2 Å². The van der Waals surface area contributed by atoms with E-state index in [1.165, 1.54) is 0 Å². The number of methoxy groups -OCH3 is 2. The lowest BCUT2D eigenvalue weighted by atomic mass is 9.94. The zero-order valence-corrected chi connectivity index (χ0v) is 14.6. The van der Waals surface area contributed by atoms with Crippen LogP contribution in [-0.2, 0) is 0 Å². The van der Waals surface area contributed by atoms with Crippen LogP contribution in [0.3, 0.4) is 0 Å². The van der Waals surface area contributed by atoms with Crippen LogP contribution in [-0.4, -0.2) is 25.9 Å². The SMILES string of the molecule is C=C(c1ccc(OC)c(C#CCO)c1)c1cc(C)c(C)c(OC)c1. The quantitative estimate of drug-likeness (QED) is 0.872. The molecule has 0 spiro atoms. The maximum Gasteiger partial charge on any atom is 0.134 e. The van der Waals surface area contributed by atoms with Gasteiger partial charge in [0.1, 0.15) is 18.1 Å². The van der Waals surface area contributed by atoms with Gasteiger partial charge >= 0.3 is 0 Å². The van der Waals surface area contributed by atoms with Crippen LogP contribution in [0.15, 0.2) is 36.9 Å². The number of aryl methyl sites for hydroxylation is 1. The number of hydrogen-bond donors (Lipinski definition) is 1. The van der Waals surface area contributed by atoms with Crippen molar-refractivity contribution >= 4 is 5.57 Å². The number of aliphatic hydroxyl groups is 1. The lowest BCUT2D eigenvalue weighted by Crippen LogP contribution is -1.96. The molecule has 0 aliphatic carbocycles. The van der Waals surface area contributed by atoms with Crippen molar-refractivity contribution in [3.8, 4) is 23.3 Å². The van der Waals surface area contributed by atoms with Crippen LogP contribution in [0.5, 0.6) is 11.5 Å². The third-order valence-corrected chi connectivity index (χ3v) is 4.04. The predicted molar refractivity (Wildman–Crippen MR) is 97.6 cm³/mol. The molecule has 0 heterocycles. The second-order valence-electron chi connectivity index (χ2n) is 5.47. The molecule has 24 heavy (non-hydrogen) atoms. The molecule has 0 amide bonds. The van der Waals surface area contributed by atoms with Gasteiger partial charge in [-0.2, -0.15) is 0 Å². The normalized spacial score (nSPS) is 9.88. The molecule has 0 aliphatic heterocycles. The van der Waals surface area contributed by atoms with Gasteiger partial charge in [-0.3, -0.25) is 0 Å². The van der Waals surface area contributed by atoms with Crippen molar-refractivity contribution in [3.63, 3.8) is 0 Å². The van der Waals surface area contributed by atoms with Crippen LogP contribution in [0, 0.1) is 25.7 Å². The number of rotatable bonds is 4. The topological polar surface area (TPSA) is 38.7 Å². The number of benzene rings is 2. The number of hydrogen-bond acceptors (Lipinski definition) is 3. The molecular weight excluding hydrogens is 300 g/mol. The standard InChI is InChI=1S/C21H22O3/c1-14-11-19(13-21(24-5)15(14)2)16(3)17-8-9-20(23-4)18(12-17)7-6-10-22/h8-9,11-13,22H,3,10H2,1-2,4-5H3. The summed E-state index contributed by atoms with van der Waals surface area (Å²) in [5.74, 6) is 7.09. The summed E-state index contributed by atoms with van der Waals surface area (Å²) < 4.78 is 10.8. The largest absolute Gasteiger partial charge is 0.496 e. The highest BCUT2D eigenvalue weighted by atomic mass is 16.5. The summed E-state index contributed by atoms with van der Waals surface area (Å²) in [6.45, 7) is 8.13. The molecule has 3 heteroatoms. The molecule has 0 bridgehead atoms. The average molecular weight is 322 g/mol. The Hall–Kier alpha value is -2.70. The summed E-state index contributed by atoms with van der Waals surface area (Å²) in [5, 5.41) is 8.92. The molecule has 2 aromatic carbocycles. The van der Waals surface area contributed by atoms with E-state index < -0.39 is 0 Å².